The number of hydrogen-bond donors (Lipinski definition) is 1. The number of nitrogens with two attached hydrogens (primary N) is 1. The van der Waals surface area contributed by atoms with Gasteiger partial charge in [0.05, 0.1) is 25.3 Å². The Labute approximate surface area is 119 Å². The van der Waals surface area contributed by atoms with Gasteiger partial charge in [0.25, 0.3) is 0 Å². The van der Waals surface area contributed by atoms with Crippen LogP contribution in [0.3, 0.4) is 0 Å². The summed E-state index contributed by atoms with van der Waals surface area (Å²) in [6, 6.07) is 9.97. The maximum Gasteiger partial charge on any atom is 0.129 e. The summed E-state index contributed by atoms with van der Waals surface area (Å²) in [5, 5.41) is 1.08. The smallest absolute Gasteiger partial charge is 0.129 e. The van der Waals surface area contributed by atoms with E-state index in [0.29, 0.717) is 25.6 Å². The van der Waals surface area contributed by atoms with Gasteiger partial charge in [-0.25, -0.2) is 4.98 Å². The highest BCUT2D eigenvalue weighted by molar-refractivity contribution is 5.81. The molecule has 2 aromatic rings. The number of fused-ring (bicyclic) bond motifs is 1. The van der Waals surface area contributed by atoms with Crippen LogP contribution in [0.1, 0.15) is 25.3 Å². The molecule has 2 N–H and O–H groups in total. The second-order valence-corrected chi connectivity index (χ2v) is 4.74. The van der Waals surface area contributed by atoms with Crippen molar-refractivity contribution in [2.45, 2.75) is 26.4 Å². The third kappa shape index (κ3) is 4.18. The van der Waals surface area contributed by atoms with Crippen LogP contribution in [0, 0.1) is 0 Å². The van der Waals surface area contributed by atoms with E-state index in [2.05, 4.69) is 11.9 Å². The summed E-state index contributed by atoms with van der Waals surface area (Å²) in [5.41, 5.74) is 7.79. The number of unbranched alkanes of at least 4 members (excludes halogenated alkanes) is 1. The van der Waals surface area contributed by atoms with Gasteiger partial charge >= 0.3 is 0 Å². The molecule has 1 aromatic heterocycles. The number of anilines is 1. The molecule has 1 heterocycles. The molecule has 0 aliphatic rings. The molecule has 0 bridgehead atoms. The number of para-hydroxylation sites is 1. The lowest BCUT2D eigenvalue weighted by Gasteiger charge is -2.08. The van der Waals surface area contributed by atoms with Gasteiger partial charge in [-0.1, -0.05) is 31.5 Å². The minimum atomic E-state index is 0.473. The van der Waals surface area contributed by atoms with Crippen molar-refractivity contribution in [1.82, 2.24) is 4.98 Å². The Balaban J connectivity index is 1.82. The maximum absolute atomic E-state index is 5.94. The second-order valence-electron chi connectivity index (χ2n) is 4.74. The topological polar surface area (TPSA) is 57.4 Å². The lowest BCUT2D eigenvalue weighted by Crippen LogP contribution is -2.07. The van der Waals surface area contributed by atoms with Crippen LogP contribution in [0.25, 0.3) is 10.9 Å². The average Bonchev–Trinajstić information content (AvgIpc) is 2.46. The van der Waals surface area contributed by atoms with Crippen molar-refractivity contribution >= 4 is 16.7 Å². The molecule has 0 aliphatic heterocycles. The first-order valence-corrected chi connectivity index (χ1v) is 7.11. The molecular formula is C16H22N2O2. The molecule has 0 spiro atoms. The Hall–Kier alpha value is -1.65. The van der Waals surface area contributed by atoms with Crippen LogP contribution in [-0.2, 0) is 16.1 Å². The summed E-state index contributed by atoms with van der Waals surface area (Å²) >= 11 is 0. The zero-order valence-corrected chi connectivity index (χ0v) is 12.0. The summed E-state index contributed by atoms with van der Waals surface area (Å²) in [6.07, 6.45) is 2.25. The lowest BCUT2D eigenvalue weighted by molar-refractivity contribution is 0.0398. The molecule has 0 aliphatic carbocycles. The first-order valence-electron chi connectivity index (χ1n) is 7.11. The molecule has 0 saturated carbocycles. The Morgan fingerprint density at radius 1 is 1.10 bits per heavy atom. The summed E-state index contributed by atoms with van der Waals surface area (Å²) in [6.45, 7) is 4.63. The fraction of sp³-hybridized carbons (Fsp3) is 0.438. The number of nitrogens with zero attached hydrogens (tertiary/aromatic N) is 1. The van der Waals surface area contributed by atoms with Crippen LogP contribution in [0.2, 0.25) is 0 Å². The molecule has 4 heteroatoms. The van der Waals surface area contributed by atoms with Gasteiger partial charge in [-0.3, -0.25) is 0 Å². The molecule has 0 radical (unpaired) electrons. The van der Waals surface area contributed by atoms with Crippen molar-refractivity contribution in [2.75, 3.05) is 25.6 Å². The zero-order valence-electron chi connectivity index (χ0n) is 12.0. The summed E-state index contributed by atoms with van der Waals surface area (Å²) in [5.74, 6) is 0.538. The minimum absolute atomic E-state index is 0.473. The van der Waals surface area contributed by atoms with Crippen LogP contribution in [0.15, 0.2) is 30.3 Å². The molecule has 0 unspecified atom stereocenters. The van der Waals surface area contributed by atoms with Gasteiger partial charge in [-0.2, -0.15) is 0 Å². The van der Waals surface area contributed by atoms with Crippen LogP contribution < -0.4 is 5.73 Å². The van der Waals surface area contributed by atoms with Crippen molar-refractivity contribution in [3.8, 4) is 0 Å². The number of rotatable bonds is 8. The molecule has 0 atom stereocenters. The summed E-state index contributed by atoms with van der Waals surface area (Å²) in [7, 11) is 0. The van der Waals surface area contributed by atoms with Gasteiger partial charge in [0.15, 0.2) is 0 Å². The van der Waals surface area contributed by atoms with Crippen molar-refractivity contribution in [2.24, 2.45) is 0 Å². The molecular weight excluding hydrogens is 252 g/mol. The SMILES string of the molecule is CCCCOCCOCc1cc2ccccc2nc1N. The van der Waals surface area contributed by atoms with Crippen LogP contribution >= 0.6 is 0 Å². The standard InChI is InChI=1S/C16H22N2O2/c1-2-3-8-19-9-10-20-12-14-11-13-6-4-5-7-15(13)18-16(14)17/h4-7,11H,2-3,8-10,12H2,1H3,(H2,17,18). The number of pyridine rings is 1. The van der Waals surface area contributed by atoms with Gasteiger partial charge in [0.1, 0.15) is 5.82 Å². The largest absolute Gasteiger partial charge is 0.383 e. The predicted molar refractivity (Wildman–Crippen MR) is 81.5 cm³/mol. The van der Waals surface area contributed by atoms with E-state index in [0.717, 1.165) is 35.9 Å². The van der Waals surface area contributed by atoms with Crippen LogP contribution in [-0.4, -0.2) is 24.8 Å². The van der Waals surface area contributed by atoms with Crippen LogP contribution in [0.4, 0.5) is 5.82 Å². The van der Waals surface area contributed by atoms with E-state index >= 15 is 0 Å². The number of benzene rings is 1. The Kier molecular flexibility index (Phi) is 5.77. The Morgan fingerprint density at radius 2 is 1.90 bits per heavy atom. The summed E-state index contributed by atoms with van der Waals surface area (Å²) in [4.78, 5) is 4.38. The van der Waals surface area contributed by atoms with Crippen molar-refractivity contribution < 1.29 is 9.47 Å². The molecule has 1 aromatic carbocycles. The van der Waals surface area contributed by atoms with E-state index < -0.39 is 0 Å². The molecule has 0 fully saturated rings. The molecule has 20 heavy (non-hydrogen) atoms. The van der Waals surface area contributed by atoms with Crippen molar-refractivity contribution in [3.05, 3.63) is 35.9 Å². The monoisotopic (exact) mass is 274 g/mol. The zero-order chi connectivity index (χ0) is 14.2. The first kappa shape index (κ1) is 14.8. The fourth-order valence-corrected chi connectivity index (χ4v) is 1.94. The van der Waals surface area contributed by atoms with Gasteiger partial charge < -0.3 is 15.2 Å². The molecule has 0 amide bonds. The highest BCUT2D eigenvalue weighted by Crippen LogP contribution is 2.18. The van der Waals surface area contributed by atoms with Crippen molar-refractivity contribution in [1.29, 1.82) is 0 Å². The maximum atomic E-state index is 5.94. The molecule has 2 rings (SSSR count). The average molecular weight is 274 g/mol. The molecule has 4 nitrogen and oxygen atoms in total. The van der Waals surface area contributed by atoms with Gasteiger partial charge in [0.2, 0.25) is 0 Å². The number of hydrogen-bond acceptors (Lipinski definition) is 4. The number of ether oxygens (including phenoxy) is 2. The third-order valence-electron chi connectivity index (χ3n) is 3.11. The van der Waals surface area contributed by atoms with E-state index in [4.69, 9.17) is 15.2 Å². The Bertz CT molecular complexity index is 543. The van der Waals surface area contributed by atoms with E-state index in [1.54, 1.807) is 0 Å². The van der Waals surface area contributed by atoms with E-state index in [-0.39, 0.29) is 0 Å². The lowest BCUT2D eigenvalue weighted by atomic mass is 10.1. The van der Waals surface area contributed by atoms with Crippen LogP contribution in [0.5, 0.6) is 0 Å². The molecule has 0 saturated heterocycles. The highest BCUT2D eigenvalue weighted by atomic mass is 16.5. The van der Waals surface area contributed by atoms with E-state index in [9.17, 15) is 0 Å². The van der Waals surface area contributed by atoms with Gasteiger partial charge in [0, 0.05) is 17.6 Å². The Morgan fingerprint density at radius 3 is 2.75 bits per heavy atom. The van der Waals surface area contributed by atoms with E-state index in [1.165, 1.54) is 0 Å². The quantitative estimate of drug-likeness (QED) is 0.751. The predicted octanol–water partition coefficient (Wildman–Crippen LogP) is 3.15. The van der Waals surface area contributed by atoms with Gasteiger partial charge in [-0.15, -0.1) is 0 Å². The third-order valence-corrected chi connectivity index (χ3v) is 3.11. The highest BCUT2D eigenvalue weighted by Gasteiger charge is 2.03. The minimum Gasteiger partial charge on any atom is -0.383 e. The van der Waals surface area contributed by atoms with E-state index in [1.807, 2.05) is 30.3 Å². The summed E-state index contributed by atoms with van der Waals surface area (Å²) < 4.78 is 11.0. The number of nitrogen functional groups attached to an aromatic ring is 1. The normalized spacial score (nSPS) is 11.1. The number of aromatic nitrogens is 1. The second kappa shape index (κ2) is 7.82. The fourth-order valence-electron chi connectivity index (χ4n) is 1.94. The molecule has 108 valence electrons. The van der Waals surface area contributed by atoms with Crippen molar-refractivity contribution in [3.63, 3.8) is 0 Å². The first-order chi connectivity index (χ1) is 9.81. The van der Waals surface area contributed by atoms with Gasteiger partial charge in [-0.05, 0) is 18.6 Å².